The van der Waals surface area contributed by atoms with Crippen LogP contribution in [-0.4, -0.2) is 14.1 Å². The van der Waals surface area contributed by atoms with Crippen LogP contribution >= 0.6 is 0 Å². The predicted molar refractivity (Wildman–Crippen MR) is 283 cm³/mol. The number of hydrogen-bond acceptors (Lipinski definition) is 2. The van der Waals surface area contributed by atoms with Crippen LogP contribution < -0.4 is 9.30 Å². The Morgan fingerprint density at radius 1 is 0.574 bits per heavy atom. The maximum Gasteiger partial charge on any atom is 0.269 e. The minimum Gasteiger partial charge on any atom is -0.458 e. The molecule has 7 aromatic carbocycles. The lowest BCUT2D eigenvalue weighted by Gasteiger charge is -2.23. The molecule has 0 fully saturated rings. The lowest BCUT2D eigenvalue weighted by atomic mass is 9.82. The highest BCUT2D eigenvalue weighted by molar-refractivity contribution is 6.09. The fraction of sp³-hybridized carbons (Fsp3) is 0.238. The van der Waals surface area contributed by atoms with Crippen LogP contribution in [0.2, 0.25) is 0 Å². The number of pyridine rings is 1. The Labute approximate surface area is 412 Å². The SMILES string of the molecule is [2H]c1c([2H])c([2H])c(-c2cccc(-c3cc(CC(C)(C)C)cc(CC(C)(C)C)c3)c2-[n+]2[c-]n(-c3cccc(Oc4ccc5c6ccccc6n(-c6cc(C([2H])([2H])C(C)(C)C)ccn6)c5c4)c3)c3ccccc32)c([2H])c1[2H]. The minimum absolute atomic E-state index is 0.00667. The van der Waals surface area contributed by atoms with E-state index in [2.05, 4.69) is 94.9 Å². The number of hydrogen-bond donors (Lipinski definition) is 0. The van der Waals surface area contributed by atoms with Crippen LogP contribution in [0.5, 0.6) is 11.5 Å². The van der Waals surface area contributed by atoms with Crippen LogP contribution in [0.4, 0.5) is 0 Å². The molecular weight excluding hydrogens is 829 g/mol. The van der Waals surface area contributed by atoms with Gasteiger partial charge in [0.2, 0.25) is 0 Å². The summed E-state index contributed by atoms with van der Waals surface area (Å²) in [7, 11) is 0. The molecule has 0 spiro atoms. The molecule has 0 atom stereocenters. The molecule has 340 valence electrons. The summed E-state index contributed by atoms with van der Waals surface area (Å²) in [5.41, 5.74) is 9.47. The molecule has 3 heterocycles. The number of aromatic nitrogens is 4. The van der Waals surface area contributed by atoms with Gasteiger partial charge in [-0.05, 0) is 123 Å². The fourth-order valence-electron chi connectivity index (χ4n) is 9.50. The lowest BCUT2D eigenvalue weighted by Crippen LogP contribution is -2.31. The first kappa shape index (κ1) is 36.8. The third-order valence-electron chi connectivity index (χ3n) is 11.9. The van der Waals surface area contributed by atoms with Crippen LogP contribution in [0, 0.1) is 22.6 Å². The molecule has 68 heavy (non-hydrogen) atoms. The van der Waals surface area contributed by atoms with Crippen molar-refractivity contribution in [1.29, 1.82) is 0 Å². The Hall–Kier alpha value is -7.24. The molecule has 10 aromatic rings. The Morgan fingerprint density at radius 2 is 1.22 bits per heavy atom. The van der Waals surface area contributed by atoms with Gasteiger partial charge in [0, 0.05) is 25.8 Å². The van der Waals surface area contributed by atoms with Crippen molar-refractivity contribution in [2.45, 2.75) is 81.5 Å². The zero-order chi connectivity index (χ0) is 53.5. The zero-order valence-electron chi connectivity index (χ0n) is 47.5. The third kappa shape index (κ3) is 9.35. The second-order valence-corrected chi connectivity index (χ2v) is 21.4. The molecule has 0 aliphatic rings. The van der Waals surface area contributed by atoms with Crippen molar-refractivity contribution in [1.82, 2.24) is 14.1 Å². The number of para-hydroxylation sites is 4. The third-order valence-corrected chi connectivity index (χ3v) is 11.9. The molecule has 0 aliphatic heterocycles. The van der Waals surface area contributed by atoms with Gasteiger partial charge in [0.15, 0.2) is 0 Å². The first-order chi connectivity index (χ1) is 35.4. The highest BCUT2D eigenvalue weighted by atomic mass is 16.5. The van der Waals surface area contributed by atoms with Crippen molar-refractivity contribution in [3.05, 3.63) is 199 Å². The van der Waals surface area contributed by atoms with E-state index in [0.717, 1.165) is 62.5 Å². The summed E-state index contributed by atoms with van der Waals surface area (Å²) >= 11 is 0. The minimum atomic E-state index is -1.62. The molecule has 0 saturated carbocycles. The number of rotatable bonds is 10. The van der Waals surface area contributed by atoms with Crippen LogP contribution in [0.3, 0.4) is 0 Å². The Morgan fingerprint density at radius 3 is 1.94 bits per heavy atom. The summed E-state index contributed by atoms with van der Waals surface area (Å²) in [6.45, 7) is 19.1. The van der Waals surface area contributed by atoms with Gasteiger partial charge in [0.05, 0.1) is 40.3 Å². The second kappa shape index (κ2) is 17.4. The van der Waals surface area contributed by atoms with E-state index in [1.807, 2.05) is 121 Å². The quantitative estimate of drug-likeness (QED) is 0.101. The molecule has 0 N–H and O–H groups in total. The van der Waals surface area contributed by atoms with Gasteiger partial charge in [-0.15, -0.1) is 0 Å². The van der Waals surface area contributed by atoms with Crippen molar-refractivity contribution in [3.63, 3.8) is 0 Å². The first-order valence-electron chi connectivity index (χ1n) is 27.0. The topological polar surface area (TPSA) is 35.9 Å². The summed E-state index contributed by atoms with van der Waals surface area (Å²) in [4.78, 5) is 4.79. The summed E-state index contributed by atoms with van der Waals surface area (Å²) in [5.74, 6) is 1.78. The number of ether oxygens (including phenoxy) is 1. The largest absolute Gasteiger partial charge is 0.458 e. The molecule has 3 aromatic heterocycles. The molecule has 5 heteroatoms. The molecular formula is C63H62N4O. The van der Waals surface area contributed by atoms with E-state index in [1.165, 1.54) is 11.1 Å². The lowest BCUT2D eigenvalue weighted by molar-refractivity contribution is -0.571. The van der Waals surface area contributed by atoms with E-state index in [0.29, 0.717) is 34.1 Å². The van der Waals surface area contributed by atoms with Crippen LogP contribution in [0.25, 0.3) is 72.3 Å². The Kier molecular flexibility index (Phi) is 9.45. The molecule has 0 unspecified atom stereocenters. The second-order valence-electron chi connectivity index (χ2n) is 21.4. The zero-order valence-corrected chi connectivity index (χ0v) is 40.5. The number of benzene rings is 7. The number of nitrogens with zero attached hydrogens (tertiary/aromatic N) is 4. The van der Waals surface area contributed by atoms with E-state index in [-0.39, 0.29) is 28.5 Å². The summed E-state index contributed by atoms with van der Waals surface area (Å²) < 4.78 is 75.3. The highest BCUT2D eigenvalue weighted by Crippen LogP contribution is 2.39. The first-order valence-corrected chi connectivity index (χ1v) is 23.5. The smallest absolute Gasteiger partial charge is 0.269 e. The molecule has 0 saturated heterocycles. The molecule has 0 radical (unpaired) electrons. The number of fused-ring (bicyclic) bond motifs is 4. The molecule has 0 bridgehead atoms. The van der Waals surface area contributed by atoms with E-state index in [4.69, 9.17) is 16.6 Å². The maximum absolute atomic E-state index is 9.24. The van der Waals surface area contributed by atoms with Crippen LogP contribution in [-0.2, 0) is 19.2 Å². The van der Waals surface area contributed by atoms with Crippen LogP contribution in [0.15, 0.2) is 176 Å². The van der Waals surface area contributed by atoms with Gasteiger partial charge in [-0.1, -0.05) is 177 Å². The average molecular weight is 898 g/mol. The van der Waals surface area contributed by atoms with E-state index in [9.17, 15) is 2.74 Å². The van der Waals surface area contributed by atoms with E-state index >= 15 is 0 Å². The summed E-state index contributed by atoms with van der Waals surface area (Å²) in [5, 5.41) is 2.04. The average Bonchev–Trinajstić information content (AvgIpc) is 3.91. The molecule has 10 rings (SSSR count). The van der Waals surface area contributed by atoms with Crippen LogP contribution in [0.1, 0.15) is 88.6 Å². The maximum atomic E-state index is 9.24. The van der Waals surface area contributed by atoms with Crippen molar-refractivity contribution in [3.8, 4) is 50.9 Å². The van der Waals surface area contributed by atoms with Crippen molar-refractivity contribution in [2.24, 2.45) is 16.2 Å². The van der Waals surface area contributed by atoms with Crippen molar-refractivity contribution < 1.29 is 18.9 Å². The normalized spacial score (nSPS) is 14.0. The van der Waals surface area contributed by atoms with Gasteiger partial charge >= 0.3 is 0 Å². The van der Waals surface area contributed by atoms with E-state index < -0.39 is 29.9 Å². The fourth-order valence-corrected chi connectivity index (χ4v) is 9.50. The highest BCUT2D eigenvalue weighted by Gasteiger charge is 2.23. The Balaban J connectivity index is 1.13. The van der Waals surface area contributed by atoms with Gasteiger partial charge in [-0.2, -0.15) is 0 Å². The van der Waals surface area contributed by atoms with E-state index in [1.54, 1.807) is 12.3 Å². The van der Waals surface area contributed by atoms with Gasteiger partial charge in [-0.3, -0.25) is 13.7 Å². The molecule has 5 nitrogen and oxygen atoms in total. The molecule has 0 amide bonds. The Bertz CT molecular complexity index is 3810. The van der Waals surface area contributed by atoms with Gasteiger partial charge in [0.25, 0.3) is 6.33 Å². The van der Waals surface area contributed by atoms with Crippen molar-refractivity contribution >= 4 is 32.8 Å². The van der Waals surface area contributed by atoms with Gasteiger partial charge in [-0.25, -0.2) is 4.98 Å². The monoisotopic (exact) mass is 898 g/mol. The standard InChI is InChI=1S/C63H62N4O/c1-61(2,3)39-43-31-32-64-59(36-43)67-55-26-14-13-23-53(55)54-30-29-50(38-58(54)67)68-49-22-17-21-48(37-49)65-42-66(57-28-16-15-27-56(57)65)60-51(46-19-11-10-12-20-46)24-18-25-52(60)47-34-44(40-62(4,5)6)33-45(35-47)41-63(7,8)9/h10-38H,39-41H2,1-9H3/i10D,11D,12D,19D,20D,39D2. The van der Waals surface area contributed by atoms with Gasteiger partial charge in [0.1, 0.15) is 17.3 Å². The predicted octanol–water partition coefficient (Wildman–Crippen LogP) is 16.1. The van der Waals surface area contributed by atoms with Gasteiger partial charge < -0.3 is 4.74 Å². The van der Waals surface area contributed by atoms with Crippen molar-refractivity contribution in [2.75, 3.05) is 0 Å². The summed E-state index contributed by atoms with van der Waals surface area (Å²) in [6, 6.07) is 44.3. The number of imidazole rings is 1. The molecule has 0 aliphatic carbocycles. The summed E-state index contributed by atoms with van der Waals surface area (Å²) in [6.07, 6.45) is 5.44.